The Balaban J connectivity index is 0.000000185. The van der Waals surface area contributed by atoms with Gasteiger partial charge in [-0.15, -0.1) is 0 Å². The lowest BCUT2D eigenvalue weighted by atomic mass is 10.2. The van der Waals surface area contributed by atoms with E-state index in [0.29, 0.717) is 74.5 Å². The summed E-state index contributed by atoms with van der Waals surface area (Å²) in [5.41, 5.74) is 16.2. The normalized spacial score (nSPS) is 16.0. The summed E-state index contributed by atoms with van der Waals surface area (Å²) < 4.78 is 25.0. The Morgan fingerprint density at radius 3 is 1.68 bits per heavy atom. The number of methoxy groups -OCH3 is 4. The maximum atomic E-state index is 10.8. The highest BCUT2D eigenvalue weighted by molar-refractivity contribution is 5.91. The zero-order valence-electron chi connectivity index (χ0n) is 33.8. The van der Waals surface area contributed by atoms with Crippen molar-refractivity contribution in [2.75, 3.05) is 72.6 Å². The summed E-state index contributed by atoms with van der Waals surface area (Å²) in [6.07, 6.45) is 5.55. The molecule has 6 aromatic rings. The van der Waals surface area contributed by atoms with Gasteiger partial charge in [-0.25, -0.2) is 29.3 Å². The highest BCUT2D eigenvalue weighted by Crippen LogP contribution is 2.30. The summed E-state index contributed by atoms with van der Waals surface area (Å²) in [5, 5.41) is 23.0. The molecule has 18 nitrogen and oxygen atoms in total. The molecule has 2 aliphatic heterocycles. The van der Waals surface area contributed by atoms with Crippen LogP contribution in [0.3, 0.4) is 0 Å². The van der Waals surface area contributed by atoms with E-state index in [2.05, 4.69) is 53.8 Å². The number of nitrogens with one attached hydrogen (secondary N) is 1. The van der Waals surface area contributed by atoms with Crippen LogP contribution in [0, 0.1) is 23.7 Å². The first-order valence-electron chi connectivity index (χ1n) is 19.3. The van der Waals surface area contributed by atoms with Crippen LogP contribution < -0.4 is 35.7 Å². The zero-order chi connectivity index (χ0) is 42.2. The number of benzene rings is 2. The van der Waals surface area contributed by atoms with E-state index in [1.54, 1.807) is 40.6 Å². The van der Waals surface area contributed by atoms with Gasteiger partial charge in [0, 0.05) is 49.3 Å². The summed E-state index contributed by atoms with van der Waals surface area (Å²) in [5.74, 6) is 15.1. The van der Waals surface area contributed by atoms with E-state index >= 15 is 0 Å². The average Bonchev–Trinajstić information content (AvgIpc) is 4.09. The SMILES string of the molecule is COc1cc(C#Cc2nn([C@H]3CCN(CCCC(=O)O)C3)c3ncnc(N)c23)cc(OC)c1.COc1cc(C#Cc2nn([C@H]3CCNC3)c3ncnc(N)c23)cc(OC)c1. The predicted octanol–water partition coefficient (Wildman–Crippen LogP) is 3.30. The second-order valence-electron chi connectivity index (χ2n) is 14.1. The lowest BCUT2D eigenvalue weighted by Crippen LogP contribution is -2.23. The third kappa shape index (κ3) is 9.25. The van der Waals surface area contributed by atoms with Gasteiger partial charge in [0.25, 0.3) is 0 Å². The number of carboxylic acid groups (broad SMARTS) is 1. The molecular formula is C42H46N12O6. The topological polar surface area (TPSA) is 229 Å². The Bertz CT molecular complexity index is 2590. The average molecular weight is 815 g/mol. The number of rotatable bonds is 10. The van der Waals surface area contributed by atoms with Gasteiger partial charge in [-0.2, -0.15) is 10.2 Å². The van der Waals surface area contributed by atoms with Crippen LogP contribution in [0.4, 0.5) is 11.6 Å². The Morgan fingerprint density at radius 1 is 0.733 bits per heavy atom. The van der Waals surface area contributed by atoms with Crippen LogP contribution in [0.2, 0.25) is 0 Å². The minimum atomic E-state index is -0.770. The fourth-order valence-corrected chi connectivity index (χ4v) is 7.21. The number of likely N-dealkylation sites (tertiary alicyclic amines) is 1. The monoisotopic (exact) mass is 814 g/mol. The van der Waals surface area contributed by atoms with Gasteiger partial charge >= 0.3 is 5.97 Å². The van der Waals surface area contributed by atoms with Crippen LogP contribution in [-0.4, -0.2) is 117 Å². The van der Waals surface area contributed by atoms with E-state index in [4.69, 9.17) is 45.7 Å². The molecule has 0 radical (unpaired) electrons. The standard InChI is InChI=1S/C23H26N6O4.C19H20N6O2/c1-32-17-10-15(11-18(12-17)33-2)5-6-19-21-22(24)25-14-26-23(21)29(27-19)16-7-9-28(13-16)8-3-4-20(30)31;1-26-14-7-12(8-15(9-14)27-2)3-4-16-17-18(20)22-11-23-19(17)25(24-16)13-5-6-21-10-13/h10-12,14,16H,3-4,7-9,13H2,1-2H3,(H,30,31)(H2,24,25,26);7-9,11,13,21H,5-6,10H2,1-2H3,(H2,20,22,23)/t16-;13-/m00/s1. The third-order valence-electron chi connectivity index (χ3n) is 10.2. The summed E-state index contributed by atoms with van der Waals surface area (Å²) >= 11 is 0. The molecule has 6 heterocycles. The quantitative estimate of drug-likeness (QED) is 0.146. The van der Waals surface area contributed by atoms with E-state index in [-0.39, 0.29) is 18.5 Å². The van der Waals surface area contributed by atoms with Crippen molar-refractivity contribution >= 4 is 39.7 Å². The number of aromatic nitrogens is 8. The molecule has 6 N–H and O–H groups in total. The minimum absolute atomic E-state index is 0.0964. The first-order valence-corrected chi connectivity index (χ1v) is 19.3. The number of ether oxygens (including phenoxy) is 4. The van der Waals surface area contributed by atoms with Crippen molar-refractivity contribution in [1.82, 2.24) is 49.7 Å². The van der Waals surface area contributed by atoms with E-state index < -0.39 is 5.97 Å². The molecule has 310 valence electrons. The largest absolute Gasteiger partial charge is 0.497 e. The van der Waals surface area contributed by atoms with Gasteiger partial charge in [0.15, 0.2) is 11.3 Å². The fourth-order valence-electron chi connectivity index (χ4n) is 7.21. The number of anilines is 2. The van der Waals surface area contributed by atoms with Gasteiger partial charge in [-0.3, -0.25) is 4.79 Å². The van der Waals surface area contributed by atoms with E-state index in [9.17, 15) is 4.79 Å². The fraction of sp³-hybridized carbons (Fsp3) is 0.357. The zero-order valence-corrected chi connectivity index (χ0v) is 33.8. The maximum absolute atomic E-state index is 10.8. The van der Waals surface area contributed by atoms with Crippen LogP contribution in [0.15, 0.2) is 49.1 Å². The number of nitrogens with zero attached hydrogens (tertiary/aromatic N) is 9. The van der Waals surface area contributed by atoms with Crippen LogP contribution in [-0.2, 0) is 4.79 Å². The molecule has 0 saturated carbocycles. The van der Waals surface area contributed by atoms with E-state index in [1.807, 2.05) is 33.6 Å². The Morgan fingerprint density at radius 2 is 1.23 bits per heavy atom. The van der Waals surface area contributed by atoms with Crippen molar-refractivity contribution in [3.63, 3.8) is 0 Å². The molecule has 0 unspecified atom stereocenters. The lowest BCUT2D eigenvalue weighted by molar-refractivity contribution is -0.137. The Labute approximate surface area is 346 Å². The highest BCUT2D eigenvalue weighted by atomic mass is 16.5. The molecule has 0 bridgehead atoms. The van der Waals surface area contributed by atoms with Gasteiger partial charge in [0.2, 0.25) is 0 Å². The molecule has 2 atom stereocenters. The van der Waals surface area contributed by atoms with Gasteiger partial charge in [-0.05, 0) is 68.5 Å². The third-order valence-corrected chi connectivity index (χ3v) is 10.2. The molecule has 2 fully saturated rings. The predicted molar refractivity (Wildman–Crippen MR) is 224 cm³/mol. The number of fused-ring (bicyclic) bond motifs is 2. The summed E-state index contributed by atoms with van der Waals surface area (Å²) in [6, 6.07) is 11.2. The van der Waals surface area contributed by atoms with Crippen LogP contribution in [0.5, 0.6) is 23.0 Å². The van der Waals surface area contributed by atoms with Gasteiger partial charge < -0.3 is 45.7 Å². The van der Waals surface area contributed by atoms with Gasteiger partial charge in [0.05, 0.1) is 51.3 Å². The van der Waals surface area contributed by atoms with E-state index in [1.165, 1.54) is 12.7 Å². The maximum Gasteiger partial charge on any atom is 0.303 e. The Kier molecular flexibility index (Phi) is 12.7. The Hall–Kier alpha value is -7.15. The molecule has 0 amide bonds. The first kappa shape index (κ1) is 41.0. The molecule has 60 heavy (non-hydrogen) atoms. The van der Waals surface area contributed by atoms with Gasteiger partial charge in [-0.1, -0.05) is 11.8 Å². The molecule has 2 saturated heterocycles. The van der Waals surface area contributed by atoms with Crippen molar-refractivity contribution in [2.24, 2.45) is 0 Å². The smallest absolute Gasteiger partial charge is 0.303 e. The lowest BCUT2D eigenvalue weighted by Gasteiger charge is -2.15. The second kappa shape index (κ2) is 18.6. The number of nitrogen functional groups attached to an aromatic ring is 2. The van der Waals surface area contributed by atoms with Crippen molar-refractivity contribution < 1.29 is 28.8 Å². The highest BCUT2D eigenvalue weighted by Gasteiger charge is 2.28. The van der Waals surface area contributed by atoms with Crippen molar-refractivity contribution in [2.45, 2.75) is 37.8 Å². The number of aliphatic carboxylic acids is 1. The molecule has 18 heteroatoms. The first-order chi connectivity index (χ1) is 29.2. The van der Waals surface area contributed by atoms with Crippen molar-refractivity contribution in [3.05, 3.63) is 71.6 Å². The molecule has 2 aromatic carbocycles. The van der Waals surface area contributed by atoms with Crippen LogP contribution >= 0.6 is 0 Å². The number of nitrogens with two attached hydrogens (primary N) is 2. The summed E-state index contributed by atoms with van der Waals surface area (Å²) in [4.78, 5) is 30.1. The molecular weight excluding hydrogens is 769 g/mol. The van der Waals surface area contributed by atoms with Crippen LogP contribution in [0.25, 0.3) is 22.1 Å². The van der Waals surface area contributed by atoms with Crippen molar-refractivity contribution in [1.29, 1.82) is 0 Å². The molecule has 4 aromatic heterocycles. The molecule has 0 aliphatic carbocycles. The van der Waals surface area contributed by atoms with Crippen molar-refractivity contribution in [3.8, 4) is 46.7 Å². The van der Waals surface area contributed by atoms with Crippen LogP contribution in [0.1, 0.15) is 60.3 Å². The minimum Gasteiger partial charge on any atom is -0.497 e. The second-order valence-corrected chi connectivity index (χ2v) is 14.1. The number of hydrogen-bond acceptors (Lipinski definition) is 15. The number of hydrogen-bond donors (Lipinski definition) is 4. The molecule has 8 rings (SSSR count). The summed E-state index contributed by atoms with van der Waals surface area (Å²) in [6.45, 7) is 4.18. The van der Waals surface area contributed by atoms with E-state index in [0.717, 1.165) is 56.7 Å². The molecule has 0 spiro atoms. The van der Waals surface area contributed by atoms with Gasteiger partial charge in [0.1, 0.15) is 58.7 Å². The number of carbonyl (C=O) groups is 1. The summed E-state index contributed by atoms with van der Waals surface area (Å²) in [7, 11) is 6.39. The molecule has 2 aliphatic rings. The number of carboxylic acids is 1.